The number of aromatic amines is 1. The van der Waals surface area contributed by atoms with Crippen LogP contribution in [-0.2, 0) is 27.2 Å². The van der Waals surface area contributed by atoms with Crippen LogP contribution < -0.4 is 15.4 Å². The number of amides is 2. The number of nitrogens with one attached hydrogen (secondary N) is 3. The second-order valence-corrected chi connectivity index (χ2v) is 6.35. The maximum absolute atomic E-state index is 12.0. The zero-order chi connectivity index (χ0) is 21.2. The molecule has 0 spiro atoms. The van der Waals surface area contributed by atoms with Gasteiger partial charge in [0.05, 0.1) is 13.4 Å². The fraction of sp³-hybridized carbons (Fsp3) is 0.368. The number of rotatable bonds is 11. The lowest BCUT2D eigenvalue weighted by Gasteiger charge is -2.14. The fourth-order valence-corrected chi connectivity index (χ4v) is 2.62. The van der Waals surface area contributed by atoms with Crippen LogP contribution in [0, 0.1) is 0 Å². The Hall–Kier alpha value is -3.27. The van der Waals surface area contributed by atoms with E-state index in [0.717, 1.165) is 5.56 Å². The summed E-state index contributed by atoms with van der Waals surface area (Å²) in [5.41, 5.74) is 1.42. The first kappa shape index (κ1) is 24.8. The Morgan fingerprint density at radius 2 is 2.00 bits per heavy atom. The molecule has 10 nitrogen and oxygen atoms in total. The van der Waals surface area contributed by atoms with Gasteiger partial charge in [0.2, 0.25) is 11.8 Å². The summed E-state index contributed by atoms with van der Waals surface area (Å²) in [4.78, 5) is 41.8. The lowest BCUT2D eigenvalue weighted by molar-refractivity contribution is -0.141. The minimum atomic E-state index is -1.15. The molecule has 30 heavy (non-hydrogen) atoms. The van der Waals surface area contributed by atoms with Gasteiger partial charge in [-0.2, -0.15) is 0 Å². The molecule has 0 saturated carbocycles. The van der Waals surface area contributed by atoms with Gasteiger partial charge in [0.25, 0.3) is 0 Å². The van der Waals surface area contributed by atoms with Crippen molar-refractivity contribution in [3.8, 4) is 11.5 Å². The number of hydrogen-bond donors (Lipinski definition) is 5. The highest BCUT2D eigenvalue weighted by Gasteiger charge is 2.20. The summed E-state index contributed by atoms with van der Waals surface area (Å²) in [6.45, 7) is 0.0972. The molecule has 0 aliphatic carbocycles. The summed E-state index contributed by atoms with van der Waals surface area (Å²) in [5.74, 6) is -1.50. The van der Waals surface area contributed by atoms with Crippen LogP contribution in [0.1, 0.15) is 24.1 Å². The maximum Gasteiger partial charge on any atom is 0.326 e. The van der Waals surface area contributed by atoms with E-state index in [1.807, 2.05) is 0 Å². The number of carboxylic acids is 1. The molecular formula is C19H25ClN4O6. The number of nitrogens with zero attached hydrogens (tertiary/aromatic N) is 1. The number of phenols is 1. The molecule has 164 valence electrons. The van der Waals surface area contributed by atoms with Gasteiger partial charge >= 0.3 is 5.97 Å². The Morgan fingerprint density at radius 3 is 2.63 bits per heavy atom. The first-order valence-corrected chi connectivity index (χ1v) is 9.01. The van der Waals surface area contributed by atoms with Gasteiger partial charge in [-0.05, 0) is 24.1 Å². The second-order valence-electron chi connectivity index (χ2n) is 6.35. The molecule has 5 N–H and O–H groups in total. The quantitative estimate of drug-likeness (QED) is 0.346. The van der Waals surface area contributed by atoms with Crippen LogP contribution >= 0.6 is 12.4 Å². The average molecular weight is 441 g/mol. The summed E-state index contributed by atoms with van der Waals surface area (Å²) in [6.07, 6.45) is 3.62. The van der Waals surface area contributed by atoms with E-state index in [1.165, 1.54) is 25.7 Å². The predicted octanol–water partition coefficient (Wildman–Crippen LogP) is 0.797. The number of carbonyl (C=O) groups is 3. The number of carboxylic acid groups (broad SMARTS) is 1. The number of benzene rings is 1. The van der Waals surface area contributed by atoms with E-state index >= 15 is 0 Å². The Bertz CT molecular complexity index is 844. The third kappa shape index (κ3) is 8.00. The average Bonchev–Trinajstić information content (AvgIpc) is 3.20. The predicted molar refractivity (Wildman–Crippen MR) is 110 cm³/mol. The van der Waals surface area contributed by atoms with Gasteiger partial charge in [0.15, 0.2) is 11.5 Å². The normalized spacial score (nSPS) is 11.1. The van der Waals surface area contributed by atoms with Crippen LogP contribution in [0.4, 0.5) is 0 Å². The summed E-state index contributed by atoms with van der Waals surface area (Å²) in [6, 6.07) is 3.77. The standard InChI is InChI=1S/C19H24N4O6.ClH/c1-29-16-8-12(2-4-15(16)24)3-5-17(25)21-7-6-18(26)23-14(19(27)28)9-13-10-20-11-22-13;/h2,4,8,10-11,14,24H,3,5-7,9H2,1H3,(H,20,22)(H,21,25)(H,23,26)(H,27,28);1H. The molecule has 1 unspecified atom stereocenters. The van der Waals surface area contributed by atoms with Crippen molar-refractivity contribution in [1.29, 1.82) is 0 Å². The van der Waals surface area contributed by atoms with Crippen molar-refractivity contribution in [2.45, 2.75) is 31.7 Å². The number of phenolic OH excluding ortho intramolecular Hbond substituents is 1. The van der Waals surface area contributed by atoms with Crippen molar-refractivity contribution >= 4 is 30.2 Å². The van der Waals surface area contributed by atoms with Crippen LogP contribution in [0.25, 0.3) is 0 Å². The van der Waals surface area contributed by atoms with E-state index < -0.39 is 17.9 Å². The number of imidazole rings is 1. The first-order valence-electron chi connectivity index (χ1n) is 9.01. The van der Waals surface area contributed by atoms with E-state index in [4.69, 9.17) is 4.74 Å². The van der Waals surface area contributed by atoms with Crippen molar-refractivity contribution in [3.05, 3.63) is 42.0 Å². The highest BCUT2D eigenvalue weighted by Crippen LogP contribution is 2.26. The maximum atomic E-state index is 12.0. The number of aliphatic carboxylic acids is 1. The van der Waals surface area contributed by atoms with Gasteiger partial charge in [0, 0.05) is 37.7 Å². The zero-order valence-electron chi connectivity index (χ0n) is 16.4. The van der Waals surface area contributed by atoms with Crippen LogP contribution in [-0.4, -0.2) is 57.7 Å². The number of halogens is 1. The molecule has 0 aliphatic rings. The van der Waals surface area contributed by atoms with Gasteiger partial charge in [0.1, 0.15) is 6.04 Å². The lowest BCUT2D eigenvalue weighted by Crippen LogP contribution is -2.43. The number of H-pyrrole nitrogens is 1. The van der Waals surface area contributed by atoms with Crippen LogP contribution in [0.3, 0.4) is 0 Å². The molecule has 1 aromatic heterocycles. The molecule has 1 atom stereocenters. The van der Waals surface area contributed by atoms with Crippen molar-refractivity contribution < 1.29 is 29.3 Å². The van der Waals surface area contributed by atoms with Gasteiger partial charge < -0.3 is 30.6 Å². The Morgan fingerprint density at radius 1 is 1.23 bits per heavy atom. The lowest BCUT2D eigenvalue weighted by atomic mass is 10.1. The number of aromatic nitrogens is 2. The molecule has 2 aromatic rings. The second kappa shape index (κ2) is 12.3. The monoisotopic (exact) mass is 440 g/mol. The summed E-state index contributed by atoms with van der Waals surface area (Å²) >= 11 is 0. The third-order valence-corrected chi connectivity index (χ3v) is 4.17. The van der Waals surface area contributed by atoms with E-state index in [2.05, 4.69) is 20.6 Å². The van der Waals surface area contributed by atoms with E-state index in [-0.39, 0.29) is 49.9 Å². The number of ether oxygens (including phenoxy) is 1. The minimum absolute atomic E-state index is 0. The van der Waals surface area contributed by atoms with Gasteiger partial charge in [-0.1, -0.05) is 6.07 Å². The number of methoxy groups -OCH3 is 1. The molecule has 1 aromatic carbocycles. The highest BCUT2D eigenvalue weighted by molar-refractivity contribution is 5.85. The van der Waals surface area contributed by atoms with Crippen LogP contribution in [0.2, 0.25) is 0 Å². The van der Waals surface area contributed by atoms with Crippen molar-refractivity contribution in [1.82, 2.24) is 20.6 Å². The molecule has 0 aliphatic heterocycles. The molecule has 0 saturated heterocycles. The van der Waals surface area contributed by atoms with Crippen LogP contribution in [0.5, 0.6) is 11.5 Å². The SMILES string of the molecule is COc1cc(CCC(=O)NCCC(=O)NC(Cc2cnc[nH]2)C(=O)O)ccc1O.Cl. The number of aryl methyl sites for hydroxylation is 1. The molecule has 0 radical (unpaired) electrons. The molecule has 11 heteroatoms. The first-order chi connectivity index (χ1) is 13.9. The van der Waals surface area contributed by atoms with Crippen molar-refractivity contribution in [2.75, 3.05) is 13.7 Å². The Labute approximate surface area is 179 Å². The third-order valence-electron chi connectivity index (χ3n) is 4.17. The smallest absolute Gasteiger partial charge is 0.326 e. The largest absolute Gasteiger partial charge is 0.504 e. The van der Waals surface area contributed by atoms with Gasteiger partial charge in [-0.3, -0.25) is 9.59 Å². The highest BCUT2D eigenvalue weighted by atomic mass is 35.5. The minimum Gasteiger partial charge on any atom is -0.504 e. The van der Waals surface area contributed by atoms with Crippen molar-refractivity contribution in [2.24, 2.45) is 0 Å². The number of aromatic hydroxyl groups is 1. The van der Waals surface area contributed by atoms with Crippen LogP contribution in [0.15, 0.2) is 30.7 Å². The summed E-state index contributed by atoms with van der Waals surface area (Å²) in [7, 11) is 1.44. The van der Waals surface area contributed by atoms with E-state index in [0.29, 0.717) is 17.9 Å². The Kier molecular flexibility index (Phi) is 10.2. The Balaban J connectivity index is 0.00000450. The summed E-state index contributed by atoms with van der Waals surface area (Å²) in [5, 5.41) is 23.8. The topological polar surface area (TPSA) is 154 Å². The molecular weight excluding hydrogens is 416 g/mol. The van der Waals surface area contributed by atoms with E-state index in [1.54, 1.807) is 12.1 Å². The molecule has 2 rings (SSSR count). The molecule has 0 bridgehead atoms. The fourth-order valence-electron chi connectivity index (χ4n) is 2.62. The number of hydrogen-bond acceptors (Lipinski definition) is 6. The molecule has 2 amide bonds. The number of carbonyl (C=O) groups excluding carboxylic acids is 2. The van der Waals surface area contributed by atoms with Gasteiger partial charge in [-0.15, -0.1) is 12.4 Å². The molecule has 0 fully saturated rings. The molecule has 1 heterocycles. The summed E-state index contributed by atoms with van der Waals surface area (Å²) < 4.78 is 5.02. The van der Waals surface area contributed by atoms with E-state index in [9.17, 15) is 24.6 Å². The van der Waals surface area contributed by atoms with Crippen molar-refractivity contribution in [3.63, 3.8) is 0 Å². The van der Waals surface area contributed by atoms with Gasteiger partial charge in [-0.25, -0.2) is 9.78 Å². The zero-order valence-corrected chi connectivity index (χ0v) is 17.2.